The standard InChI is InChI=1S/C14H10Cl4N4O/c1-7(4-15)14(23)21-13-8(5-19)6-20-22(13)10-3-2-9(16)11(17)12(10)18/h2-3,6-7H,4H2,1H3,(H,21,23). The van der Waals surface area contributed by atoms with Gasteiger partial charge in [0.15, 0.2) is 5.82 Å². The van der Waals surface area contributed by atoms with Crippen LogP contribution in [0.4, 0.5) is 5.82 Å². The van der Waals surface area contributed by atoms with Gasteiger partial charge >= 0.3 is 0 Å². The molecule has 1 aromatic carbocycles. The van der Waals surface area contributed by atoms with Gasteiger partial charge in [-0.2, -0.15) is 10.4 Å². The van der Waals surface area contributed by atoms with Gasteiger partial charge in [-0.05, 0) is 12.1 Å². The second-order valence-corrected chi connectivity index (χ2v) is 6.14. The first-order chi connectivity index (χ1) is 10.9. The Balaban J connectivity index is 2.53. The van der Waals surface area contributed by atoms with E-state index in [1.54, 1.807) is 19.1 Å². The maximum Gasteiger partial charge on any atom is 0.229 e. The van der Waals surface area contributed by atoms with Crippen LogP contribution in [0.2, 0.25) is 15.1 Å². The molecule has 0 fully saturated rings. The van der Waals surface area contributed by atoms with Crippen molar-refractivity contribution in [3.05, 3.63) is 39.0 Å². The number of hydrogen-bond donors (Lipinski definition) is 1. The predicted octanol–water partition coefficient (Wildman–Crippen LogP) is 4.52. The summed E-state index contributed by atoms with van der Waals surface area (Å²) in [6.45, 7) is 1.67. The molecule has 1 amide bonds. The van der Waals surface area contributed by atoms with Gasteiger partial charge in [-0.25, -0.2) is 4.68 Å². The topological polar surface area (TPSA) is 70.7 Å². The molecule has 0 spiro atoms. The number of nitrogens with zero attached hydrogens (tertiary/aromatic N) is 3. The number of halogens is 4. The number of anilines is 1. The van der Waals surface area contributed by atoms with Gasteiger partial charge in [0.2, 0.25) is 5.91 Å². The smallest absolute Gasteiger partial charge is 0.229 e. The fraction of sp³-hybridized carbons (Fsp3) is 0.214. The van der Waals surface area contributed by atoms with E-state index in [0.29, 0.717) is 5.69 Å². The molecule has 0 aliphatic heterocycles. The van der Waals surface area contributed by atoms with Crippen LogP contribution in [0.1, 0.15) is 12.5 Å². The third-order valence-electron chi connectivity index (χ3n) is 3.05. The van der Waals surface area contributed by atoms with E-state index in [-0.39, 0.29) is 38.2 Å². The highest BCUT2D eigenvalue weighted by Crippen LogP contribution is 2.36. The summed E-state index contributed by atoms with van der Waals surface area (Å²) in [7, 11) is 0. The maximum absolute atomic E-state index is 12.1. The van der Waals surface area contributed by atoms with Crippen molar-refractivity contribution in [3.8, 4) is 11.8 Å². The van der Waals surface area contributed by atoms with Crippen molar-refractivity contribution in [2.24, 2.45) is 5.92 Å². The summed E-state index contributed by atoms with van der Waals surface area (Å²) in [5.74, 6) is -0.435. The quantitative estimate of drug-likeness (QED) is 0.615. The number of carbonyl (C=O) groups excluding carboxylic acids is 1. The molecule has 120 valence electrons. The highest BCUT2D eigenvalue weighted by molar-refractivity contribution is 6.48. The molecular weight excluding hydrogens is 382 g/mol. The molecular formula is C14H10Cl4N4O. The van der Waals surface area contributed by atoms with Crippen molar-refractivity contribution in [2.75, 3.05) is 11.2 Å². The Labute approximate surface area is 152 Å². The summed E-state index contributed by atoms with van der Waals surface area (Å²) in [6.07, 6.45) is 1.32. The third-order valence-corrected chi connectivity index (χ3v) is 4.80. The van der Waals surface area contributed by atoms with Crippen molar-refractivity contribution in [1.29, 1.82) is 5.26 Å². The van der Waals surface area contributed by atoms with Crippen LogP contribution < -0.4 is 5.32 Å². The van der Waals surface area contributed by atoms with Crippen molar-refractivity contribution in [2.45, 2.75) is 6.92 Å². The van der Waals surface area contributed by atoms with Crippen LogP contribution in [-0.4, -0.2) is 21.6 Å². The van der Waals surface area contributed by atoms with Gasteiger partial charge in [-0.15, -0.1) is 11.6 Å². The molecule has 9 heteroatoms. The average molecular weight is 392 g/mol. The molecule has 5 nitrogen and oxygen atoms in total. The van der Waals surface area contributed by atoms with Gasteiger partial charge in [-0.1, -0.05) is 41.7 Å². The molecule has 0 saturated heterocycles. The highest BCUT2D eigenvalue weighted by atomic mass is 35.5. The van der Waals surface area contributed by atoms with Crippen molar-refractivity contribution >= 4 is 58.1 Å². The molecule has 1 unspecified atom stereocenters. The van der Waals surface area contributed by atoms with E-state index in [4.69, 9.17) is 46.4 Å². The number of aromatic nitrogens is 2. The van der Waals surface area contributed by atoms with Crippen LogP contribution in [0, 0.1) is 17.2 Å². The van der Waals surface area contributed by atoms with Crippen LogP contribution in [0.15, 0.2) is 18.3 Å². The normalized spacial score (nSPS) is 11.8. The molecule has 0 aliphatic rings. The minimum Gasteiger partial charge on any atom is -0.309 e. The summed E-state index contributed by atoms with van der Waals surface area (Å²) in [5.41, 5.74) is 0.568. The highest BCUT2D eigenvalue weighted by Gasteiger charge is 2.20. The fourth-order valence-electron chi connectivity index (χ4n) is 1.72. The Morgan fingerprint density at radius 1 is 1.39 bits per heavy atom. The summed E-state index contributed by atoms with van der Waals surface area (Å²) >= 11 is 23.8. The molecule has 1 atom stereocenters. The number of amides is 1. The summed E-state index contributed by atoms with van der Waals surface area (Å²) in [6, 6.07) is 5.10. The van der Waals surface area contributed by atoms with Crippen LogP contribution in [0.5, 0.6) is 0 Å². The van der Waals surface area contributed by atoms with E-state index in [2.05, 4.69) is 10.4 Å². The monoisotopic (exact) mass is 390 g/mol. The number of rotatable bonds is 4. The molecule has 1 heterocycles. The third kappa shape index (κ3) is 3.56. The van der Waals surface area contributed by atoms with E-state index in [1.165, 1.54) is 10.9 Å². The lowest BCUT2D eigenvalue weighted by Crippen LogP contribution is -2.23. The van der Waals surface area contributed by atoms with E-state index < -0.39 is 5.92 Å². The molecule has 0 bridgehead atoms. The first-order valence-electron chi connectivity index (χ1n) is 6.39. The lowest BCUT2D eigenvalue weighted by Gasteiger charge is -2.13. The maximum atomic E-state index is 12.1. The average Bonchev–Trinajstić information content (AvgIpc) is 2.94. The number of carbonyl (C=O) groups is 1. The summed E-state index contributed by atoms with van der Waals surface area (Å²) in [4.78, 5) is 12.1. The fourth-order valence-corrected chi connectivity index (χ4v) is 2.47. The number of nitrogens with one attached hydrogen (secondary N) is 1. The van der Waals surface area contributed by atoms with Gasteiger partial charge in [0.1, 0.15) is 11.6 Å². The van der Waals surface area contributed by atoms with Gasteiger partial charge < -0.3 is 5.32 Å². The van der Waals surface area contributed by atoms with Crippen LogP contribution in [0.3, 0.4) is 0 Å². The van der Waals surface area contributed by atoms with Crippen molar-refractivity contribution in [3.63, 3.8) is 0 Å². The van der Waals surface area contributed by atoms with Crippen LogP contribution in [-0.2, 0) is 4.79 Å². The minimum absolute atomic E-state index is 0.148. The van der Waals surface area contributed by atoms with E-state index in [0.717, 1.165) is 0 Å². The van der Waals surface area contributed by atoms with E-state index in [9.17, 15) is 10.1 Å². The lowest BCUT2D eigenvalue weighted by atomic mass is 10.2. The molecule has 1 aromatic heterocycles. The predicted molar refractivity (Wildman–Crippen MR) is 91.8 cm³/mol. The van der Waals surface area contributed by atoms with Gasteiger partial charge in [0, 0.05) is 11.8 Å². The molecule has 0 saturated carbocycles. The SMILES string of the molecule is CC(CCl)C(=O)Nc1c(C#N)cnn1-c1ccc(Cl)c(Cl)c1Cl. The Morgan fingerprint density at radius 2 is 2.09 bits per heavy atom. The number of nitriles is 1. The zero-order valence-electron chi connectivity index (χ0n) is 11.8. The molecule has 0 aliphatic carbocycles. The largest absolute Gasteiger partial charge is 0.309 e. The first kappa shape index (κ1) is 17.9. The van der Waals surface area contributed by atoms with E-state index in [1.807, 2.05) is 6.07 Å². The lowest BCUT2D eigenvalue weighted by molar-refractivity contribution is -0.118. The molecule has 0 radical (unpaired) electrons. The number of hydrogen-bond acceptors (Lipinski definition) is 3. The minimum atomic E-state index is -0.434. The van der Waals surface area contributed by atoms with Crippen molar-refractivity contribution < 1.29 is 4.79 Å². The molecule has 2 aromatic rings. The number of alkyl halides is 1. The number of benzene rings is 1. The second kappa shape index (κ2) is 7.41. The van der Waals surface area contributed by atoms with Crippen molar-refractivity contribution in [1.82, 2.24) is 9.78 Å². The molecule has 1 N–H and O–H groups in total. The van der Waals surface area contributed by atoms with Crippen LogP contribution in [0.25, 0.3) is 5.69 Å². The van der Waals surface area contributed by atoms with E-state index >= 15 is 0 Å². The van der Waals surface area contributed by atoms with Crippen LogP contribution >= 0.6 is 46.4 Å². The summed E-state index contributed by atoms with van der Waals surface area (Å²) in [5, 5.41) is 16.5. The second-order valence-electron chi connectivity index (χ2n) is 4.67. The van der Waals surface area contributed by atoms with Gasteiger partial charge in [0.05, 0.1) is 27.0 Å². The van der Waals surface area contributed by atoms with Gasteiger partial charge in [-0.3, -0.25) is 4.79 Å². The molecule has 23 heavy (non-hydrogen) atoms. The Kier molecular flexibility index (Phi) is 5.77. The van der Waals surface area contributed by atoms with Gasteiger partial charge in [0.25, 0.3) is 0 Å². The first-order valence-corrected chi connectivity index (χ1v) is 8.06. The Bertz CT molecular complexity index is 797. The molecule has 2 rings (SSSR count). The summed E-state index contributed by atoms with van der Waals surface area (Å²) < 4.78 is 1.32. The Hall–Kier alpha value is -1.45. The zero-order valence-corrected chi connectivity index (χ0v) is 14.8. The Morgan fingerprint density at radius 3 is 2.70 bits per heavy atom. The zero-order chi connectivity index (χ0) is 17.1.